The van der Waals surface area contributed by atoms with Crippen molar-refractivity contribution in [1.29, 1.82) is 0 Å². The summed E-state index contributed by atoms with van der Waals surface area (Å²) < 4.78 is 2.17. The van der Waals surface area contributed by atoms with Crippen molar-refractivity contribution in [3.05, 3.63) is 121 Å². The Balaban J connectivity index is 1.97. The van der Waals surface area contributed by atoms with E-state index in [1.165, 1.54) is 0 Å². The minimum Gasteiger partial charge on any atom is -0.269 e. The smallest absolute Gasteiger partial charge is 0.269 e. The van der Waals surface area contributed by atoms with E-state index in [-0.39, 0.29) is 0 Å². The van der Waals surface area contributed by atoms with E-state index in [1.54, 1.807) is 0 Å². The monoisotopic (exact) mass is 392 g/mol. The fourth-order valence-electron chi connectivity index (χ4n) is 3.57. The number of para-hydroxylation sites is 4. The zero-order valence-corrected chi connectivity index (χ0v) is 17.4. The number of anilines is 4. The molecule has 0 atom stereocenters. The molecule has 3 nitrogen and oxygen atoms in total. The molecule has 0 bridgehead atoms. The summed E-state index contributed by atoms with van der Waals surface area (Å²) in [5.74, 6) is 1.03. The van der Waals surface area contributed by atoms with Gasteiger partial charge in [-0.3, -0.25) is 4.58 Å². The largest absolute Gasteiger partial charge is 0.370 e. The molecule has 0 aliphatic rings. The molecule has 0 fully saturated rings. The fraction of sp³-hybridized carbons (Fsp3) is 0.0741. The first-order valence-corrected chi connectivity index (χ1v) is 10.1. The van der Waals surface area contributed by atoms with Crippen LogP contribution in [0, 0.1) is 0 Å². The number of rotatable bonds is 4. The molecule has 0 N–H and O–H groups in total. The van der Waals surface area contributed by atoms with Gasteiger partial charge in [-0.15, -0.1) is 0 Å². The van der Waals surface area contributed by atoms with Crippen LogP contribution in [0.1, 0.15) is 0 Å². The van der Waals surface area contributed by atoms with Crippen molar-refractivity contribution in [2.24, 2.45) is 0 Å². The van der Waals surface area contributed by atoms with Crippen LogP contribution in [-0.4, -0.2) is 24.6 Å². The Bertz CT molecular complexity index is 924. The molecule has 0 aliphatic carbocycles. The van der Waals surface area contributed by atoms with Gasteiger partial charge in [0.05, 0.1) is 14.1 Å². The van der Waals surface area contributed by atoms with Crippen molar-refractivity contribution in [1.82, 2.24) is 0 Å². The van der Waals surface area contributed by atoms with Crippen LogP contribution in [0.2, 0.25) is 0 Å². The molecule has 0 radical (unpaired) electrons. The van der Waals surface area contributed by atoms with Crippen LogP contribution < -0.4 is 9.80 Å². The highest BCUT2D eigenvalue weighted by atomic mass is 15.4. The predicted octanol–water partition coefficient (Wildman–Crippen LogP) is 6.29. The number of hydrogen-bond donors (Lipinski definition) is 0. The molecule has 0 heterocycles. The maximum atomic E-state index is 2.29. The summed E-state index contributed by atoms with van der Waals surface area (Å²) in [6, 6.07) is 42.0. The van der Waals surface area contributed by atoms with Crippen molar-refractivity contribution in [2.45, 2.75) is 0 Å². The average Bonchev–Trinajstić information content (AvgIpc) is 2.81. The van der Waals surface area contributed by atoms with Crippen LogP contribution in [0.3, 0.4) is 0 Å². The molecule has 4 aromatic rings. The van der Waals surface area contributed by atoms with Gasteiger partial charge in [0, 0.05) is 0 Å². The van der Waals surface area contributed by atoms with E-state index in [9.17, 15) is 0 Å². The van der Waals surface area contributed by atoms with Gasteiger partial charge in [-0.05, 0) is 48.5 Å². The van der Waals surface area contributed by atoms with E-state index in [1.807, 2.05) is 24.3 Å². The minimum absolute atomic E-state index is 1.03. The van der Waals surface area contributed by atoms with Crippen LogP contribution in [0.5, 0.6) is 0 Å². The van der Waals surface area contributed by atoms with Crippen molar-refractivity contribution in [3.8, 4) is 0 Å². The normalized spacial score (nSPS) is 10.3. The molecule has 0 unspecified atom stereocenters. The lowest BCUT2D eigenvalue weighted by Gasteiger charge is -2.29. The van der Waals surface area contributed by atoms with E-state index >= 15 is 0 Å². The van der Waals surface area contributed by atoms with Gasteiger partial charge in [0.25, 0.3) is 0 Å². The maximum absolute atomic E-state index is 2.29. The maximum Gasteiger partial charge on any atom is 0.370 e. The van der Waals surface area contributed by atoms with Gasteiger partial charge in [0.2, 0.25) is 0 Å². The summed E-state index contributed by atoms with van der Waals surface area (Å²) in [5, 5.41) is 0. The van der Waals surface area contributed by atoms with Crippen LogP contribution in [0.25, 0.3) is 0 Å². The summed E-state index contributed by atoms with van der Waals surface area (Å²) in [4.78, 5) is 4.58. The summed E-state index contributed by atoms with van der Waals surface area (Å²) in [6.45, 7) is 0. The molecule has 0 amide bonds. The second-order valence-corrected chi connectivity index (χ2v) is 7.21. The molecule has 0 aromatic heterocycles. The Kier molecular flexibility index (Phi) is 5.90. The standard InChI is InChI=1S/C27H26N3/c1-28(2)27(29(23-15-7-3-8-16-23)24-17-9-4-10-18-24)30(25-19-11-5-12-20-25)26-21-13-6-14-22-26/h3-22H,1-2H3/q+1. The SMILES string of the molecule is C[N+](C)=C(N(c1ccccc1)c1ccccc1)N(c1ccccc1)c1ccccc1. The first-order chi connectivity index (χ1) is 14.8. The van der Waals surface area contributed by atoms with E-state index in [0.29, 0.717) is 0 Å². The quantitative estimate of drug-likeness (QED) is 0.229. The lowest BCUT2D eigenvalue weighted by molar-refractivity contribution is -0.466. The predicted molar refractivity (Wildman–Crippen MR) is 127 cm³/mol. The van der Waals surface area contributed by atoms with Crippen molar-refractivity contribution in [2.75, 3.05) is 23.9 Å². The third-order valence-corrected chi connectivity index (χ3v) is 4.86. The van der Waals surface area contributed by atoms with Crippen LogP contribution in [0.15, 0.2) is 121 Å². The first-order valence-electron chi connectivity index (χ1n) is 10.1. The summed E-state index contributed by atoms with van der Waals surface area (Å²) >= 11 is 0. The van der Waals surface area contributed by atoms with Gasteiger partial charge >= 0.3 is 5.96 Å². The molecule has 0 spiro atoms. The van der Waals surface area contributed by atoms with Crippen molar-refractivity contribution in [3.63, 3.8) is 0 Å². The van der Waals surface area contributed by atoms with Gasteiger partial charge < -0.3 is 0 Å². The molecular weight excluding hydrogens is 366 g/mol. The van der Waals surface area contributed by atoms with Crippen molar-refractivity contribution >= 4 is 28.7 Å². The van der Waals surface area contributed by atoms with E-state index in [2.05, 4.69) is 126 Å². The third-order valence-electron chi connectivity index (χ3n) is 4.86. The molecule has 0 aliphatic heterocycles. The number of guanidine groups is 1. The number of benzene rings is 4. The average molecular weight is 393 g/mol. The highest BCUT2D eigenvalue weighted by Crippen LogP contribution is 2.32. The van der Waals surface area contributed by atoms with Crippen molar-refractivity contribution < 1.29 is 4.58 Å². The van der Waals surface area contributed by atoms with Gasteiger partial charge in [-0.25, -0.2) is 0 Å². The molecule has 0 saturated heterocycles. The van der Waals surface area contributed by atoms with Gasteiger partial charge in [0.1, 0.15) is 22.7 Å². The lowest BCUT2D eigenvalue weighted by atomic mass is 10.2. The van der Waals surface area contributed by atoms with E-state index < -0.39 is 0 Å². The second-order valence-electron chi connectivity index (χ2n) is 7.21. The summed E-state index contributed by atoms with van der Waals surface area (Å²) in [5.41, 5.74) is 4.40. The van der Waals surface area contributed by atoms with Gasteiger partial charge in [0.15, 0.2) is 0 Å². The van der Waals surface area contributed by atoms with Crippen LogP contribution >= 0.6 is 0 Å². The van der Waals surface area contributed by atoms with E-state index in [4.69, 9.17) is 0 Å². The fourth-order valence-corrected chi connectivity index (χ4v) is 3.57. The zero-order chi connectivity index (χ0) is 20.8. The Hall–Kier alpha value is -3.85. The molecule has 0 saturated carbocycles. The molecule has 30 heavy (non-hydrogen) atoms. The molecule has 3 heteroatoms. The number of hydrogen-bond acceptors (Lipinski definition) is 0. The summed E-state index contributed by atoms with van der Waals surface area (Å²) in [7, 11) is 4.18. The Morgan fingerprint density at radius 2 is 0.667 bits per heavy atom. The first kappa shape index (κ1) is 19.5. The Labute approximate surface area is 178 Å². The van der Waals surface area contributed by atoms with Gasteiger partial charge in [-0.1, -0.05) is 72.8 Å². The third kappa shape index (κ3) is 4.11. The minimum atomic E-state index is 1.03. The highest BCUT2D eigenvalue weighted by molar-refractivity contribution is 6.12. The van der Waals surface area contributed by atoms with Crippen LogP contribution in [0.4, 0.5) is 22.7 Å². The molecule has 148 valence electrons. The molecule has 4 aromatic carbocycles. The topological polar surface area (TPSA) is 9.49 Å². The molecule has 4 rings (SSSR count). The molecular formula is C27H26N3+. The number of nitrogens with zero attached hydrogens (tertiary/aromatic N) is 3. The zero-order valence-electron chi connectivity index (χ0n) is 17.4. The lowest BCUT2D eigenvalue weighted by Crippen LogP contribution is -2.44. The van der Waals surface area contributed by atoms with E-state index in [0.717, 1.165) is 28.7 Å². The Morgan fingerprint density at radius 3 is 0.867 bits per heavy atom. The van der Waals surface area contributed by atoms with Gasteiger partial charge in [-0.2, -0.15) is 9.80 Å². The highest BCUT2D eigenvalue weighted by Gasteiger charge is 2.33. The Morgan fingerprint density at radius 1 is 0.433 bits per heavy atom. The van der Waals surface area contributed by atoms with Crippen LogP contribution in [-0.2, 0) is 0 Å². The second kappa shape index (κ2) is 9.10. The summed E-state index contributed by atoms with van der Waals surface area (Å²) in [6.07, 6.45) is 0.